The van der Waals surface area contributed by atoms with Gasteiger partial charge in [-0.3, -0.25) is 0 Å². The van der Waals surface area contributed by atoms with Crippen molar-refractivity contribution in [3.8, 4) is 5.75 Å². The normalized spacial score (nSPS) is 11.9. The zero-order valence-electron chi connectivity index (χ0n) is 17.5. The fraction of sp³-hybridized carbons (Fsp3) is 0.381. The minimum absolute atomic E-state index is 0.245. The first-order valence-corrected chi connectivity index (χ1v) is 11.1. The van der Waals surface area contributed by atoms with Crippen molar-refractivity contribution in [2.45, 2.75) is 32.2 Å². The summed E-state index contributed by atoms with van der Waals surface area (Å²) in [5.74, 6) is 1.40. The van der Waals surface area contributed by atoms with Crippen LogP contribution in [0, 0.1) is 13.8 Å². The Bertz CT molecular complexity index is 943. The van der Waals surface area contributed by atoms with Gasteiger partial charge >= 0.3 is 0 Å². The first-order valence-electron chi connectivity index (χ1n) is 9.58. The van der Waals surface area contributed by atoms with Crippen LogP contribution in [0.1, 0.15) is 23.6 Å². The number of rotatable bonds is 9. The molecule has 0 radical (unpaired) electrons. The Hall–Kier alpha value is -2.58. The largest absolute Gasteiger partial charge is 0.496 e. The van der Waals surface area contributed by atoms with E-state index in [0.29, 0.717) is 30.5 Å². The van der Waals surface area contributed by atoms with Crippen LogP contribution in [0.4, 0.5) is 0 Å². The van der Waals surface area contributed by atoms with Crippen molar-refractivity contribution in [2.24, 2.45) is 4.99 Å². The van der Waals surface area contributed by atoms with Crippen molar-refractivity contribution >= 4 is 16.0 Å². The van der Waals surface area contributed by atoms with E-state index in [1.807, 2.05) is 50.2 Å². The van der Waals surface area contributed by atoms with Crippen LogP contribution >= 0.6 is 0 Å². The monoisotopic (exact) mass is 418 g/mol. The molecule has 0 aromatic heterocycles. The molecule has 0 saturated heterocycles. The molecule has 0 heterocycles. The maximum atomic E-state index is 12.6. The minimum atomic E-state index is -3.55. The molecule has 0 spiro atoms. The van der Waals surface area contributed by atoms with Gasteiger partial charge in [-0.05, 0) is 44.0 Å². The summed E-state index contributed by atoms with van der Waals surface area (Å²) in [7, 11) is -1.92. The van der Waals surface area contributed by atoms with Crippen molar-refractivity contribution in [3.63, 3.8) is 0 Å². The SMILES string of the molecule is CCNC(=NCc1ccccc1OC)NCCNS(=O)(=O)c1cc(C)ccc1C. The lowest BCUT2D eigenvalue weighted by Crippen LogP contribution is -2.41. The third-order valence-corrected chi connectivity index (χ3v) is 5.89. The summed E-state index contributed by atoms with van der Waals surface area (Å²) in [6, 6.07) is 13.1. The predicted octanol–water partition coefficient (Wildman–Crippen LogP) is 2.35. The molecule has 0 unspecified atom stereocenters. The highest BCUT2D eigenvalue weighted by Gasteiger charge is 2.16. The van der Waals surface area contributed by atoms with Gasteiger partial charge in [-0.1, -0.05) is 30.3 Å². The number of guanidine groups is 1. The Labute approximate surface area is 173 Å². The van der Waals surface area contributed by atoms with E-state index in [-0.39, 0.29) is 6.54 Å². The number of nitrogens with zero attached hydrogens (tertiary/aromatic N) is 1. The lowest BCUT2D eigenvalue weighted by Gasteiger charge is -2.13. The molecule has 2 rings (SSSR count). The molecule has 7 nitrogen and oxygen atoms in total. The van der Waals surface area contributed by atoms with Gasteiger partial charge in [-0.2, -0.15) is 0 Å². The molecule has 2 aromatic carbocycles. The van der Waals surface area contributed by atoms with Gasteiger partial charge in [-0.15, -0.1) is 0 Å². The molecule has 3 N–H and O–H groups in total. The molecule has 0 atom stereocenters. The predicted molar refractivity (Wildman–Crippen MR) is 117 cm³/mol. The molecule has 0 aliphatic rings. The smallest absolute Gasteiger partial charge is 0.240 e. The summed E-state index contributed by atoms with van der Waals surface area (Å²) in [6.45, 7) is 7.45. The van der Waals surface area contributed by atoms with Crippen LogP contribution in [0.15, 0.2) is 52.4 Å². The summed E-state index contributed by atoms with van der Waals surface area (Å²) in [5, 5.41) is 6.31. The Morgan fingerprint density at radius 1 is 1.07 bits per heavy atom. The molecule has 158 valence electrons. The molecule has 0 aliphatic heterocycles. The number of hydrogen-bond donors (Lipinski definition) is 3. The van der Waals surface area contributed by atoms with Crippen LogP contribution in [-0.4, -0.2) is 41.1 Å². The van der Waals surface area contributed by atoms with Gasteiger partial charge in [0.25, 0.3) is 0 Å². The van der Waals surface area contributed by atoms with Gasteiger partial charge in [-0.25, -0.2) is 18.1 Å². The third kappa shape index (κ3) is 6.76. The second-order valence-corrected chi connectivity index (χ2v) is 8.34. The fourth-order valence-corrected chi connectivity index (χ4v) is 4.14. The van der Waals surface area contributed by atoms with Crippen molar-refractivity contribution in [3.05, 3.63) is 59.2 Å². The standard InChI is InChI=1S/C21H30N4O3S/c1-5-22-21(24-15-18-8-6-7-9-19(18)28-4)23-12-13-25-29(26,27)20-14-16(2)10-11-17(20)3/h6-11,14,25H,5,12-13,15H2,1-4H3,(H2,22,23,24). The maximum Gasteiger partial charge on any atom is 0.240 e. The number of hydrogen-bond acceptors (Lipinski definition) is 4. The average molecular weight is 419 g/mol. The Balaban J connectivity index is 1.94. The second kappa shape index (κ2) is 10.8. The molecule has 2 aromatic rings. The Morgan fingerprint density at radius 3 is 2.55 bits per heavy atom. The molecule has 29 heavy (non-hydrogen) atoms. The van der Waals surface area contributed by atoms with E-state index in [0.717, 1.165) is 22.4 Å². The summed E-state index contributed by atoms with van der Waals surface area (Å²) < 4.78 is 33.1. The molecule has 0 fully saturated rings. The second-order valence-electron chi connectivity index (χ2n) is 6.60. The topological polar surface area (TPSA) is 91.8 Å². The van der Waals surface area contributed by atoms with E-state index in [1.165, 1.54) is 0 Å². The van der Waals surface area contributed by atoms with Gasteiger partial charge in [0.05, 0.1) is 18.6 Å². The minimum Gasteiger partial charge on any atom is -0.496 e. The third-order valence-electron chi connectivity index (χ3n) is 4.29. The van der Waals surface area contributed by atoms with Crippen LogP contribution < -0.4 is 20.1 Å². The number of aliphatic imine (C=N–C) groups is 1. The number of para-hydroxylation sites is 1. The molecule has 0 bridgehead atoms. The van der Waals surface area contributed by atoms with E-state index in [2.05, 4.69) is 20.3 Å². The van der Waals surface area contributed by atoms with Gasteiger partial charge in [0.1, 0.15) is 5.75 Å². The van der Waals surface area contributed by atoms with E-state index in [4.69, 9.17) is 4.74 Å². The zero-order valence-corrected chi connectivity index (χ0v) is 18.3. The molecule has 0 amide bonds. The van der Waals surface area contributed by atoms with Crippen molar-refractivity contribution in [2.75, 3.05) is 26.7 Å². The molecule has 0 saturated carbocycles. The van der Waals surface area contributed by atoms with Gasteiger partial charge in [0, 0.05) is 25.2 Å². The van der Waals surface area contributed by atoms with Gasteiger partial charge in [0.15, 0.2) is 5.96 Å². The maximum absolute atomic E-state index is 12.6. The molecule has 8 heteroatoms. The van der Waals surface area contributed by atoms with Crippen LogP contribution in [0.2, 0.25) is 0 Å². The summed E-state index contributed by atoms with van der Waals surface area (Å²) in [5.41, 5.74) is 2.61. The Morgan fingerprint density at radius 2 is 1.83 bits per heavy atom. The first-order chi connectivity index (χ1) is 13.9. The highest BCUT2D eigenvalue weighted by molar-refractivity contribution is 7.89. The number of sulfonamides is 1. The van der Waals surface area contributed by atoms with E-state index in [9.17, 15) is 8.42 Å². The van der Waals surface area contributed by atoms with Crippen molar-refractivity contribution in [1.29, 1.82) is 0 Å². The van der Waals surface area contributed by atoms with Gasteiger partial charge < -0.3 is 15.4 Å². The summed E-state index contributed by atoms with van der Waals surface area (Å²) >= 11 is 0. The van der Waals surface area contributed by atoms with E-state index in [1.54, 1.807) is 20.1 Å². The number of aryl methyl sites for hydroxylation is 2. The summed E-state index contributed by atoms with van der Waals surface area (Å²) in [6.07, 6.45) is 0. The molecule has 0 aliphatic carbocycles. The quantitative estimate of drug-likeness (QED) is 0.330. The van der Waals surface area contributed by atoms with Crippen molar-refractivity contribution in [1.82, 2.24) is 15.4 Å². The van der Waals surface area contributed by atoms with Crippen LogP contribution in [0.25, 0.3) is 0 Å². The van der Waals surface area contributed by atoms with Gasteiger partial charge in [0.2, 0.25) is 10.0 Å². The van der Waals surface area contributed by atoms with Crippen LogP contribution in [0.5, 0.6) is 5.75 Å². The van der Waals surface area contributed by atoms with E-state index >= 15 is 0 Å². The van der Waals surface area contributed by atoms with Crippen LogP contribution in [-0.2, 0) is 16.6 Å². The highest BCUT2D eigenvalue weighted by atomic mass is 32.2. The molecular weight excluding hydrogens is 388 g/mol. The zero-order chi connectivity index (χ0) is 21.3. The highest BCUT2D eigenvalue weighted by Crippen LogP contribution is 2.18. The summed E-state index contributed by atoms with van der Waals surface area (Å²) in [4.78, 5) is 4.86. The fourth-order valence-electron chi connectivity index (χ4n) is 2.78. The number of methoxy groups -OCH3 is 1. The average Bonchev–Trinajstić information content (AvgIpc) is 2.71. The first kappa shape index (κ1) is 22.7. The molecular formula is C21H30N4O3S. The number of benzene rings is 2. The van der Waals surface area contributed by atoms with E-state index < -0.39 is 10.0 Å². The Kier molecular flexibility index (Phi) is 8.48. The lowest BCUT2D eigenvalue weighted by molar-refractivity contribution is 0.410. The van der Waals surface area contributed by atoms with Crippen LogP contribution in [0.3, 0.4) is 0 Å². The number of nitrogens with one attached hydrogen (secondary N) is 3. The number of ether oxygens (including phenoxy) is 1. The lowest BCUT2D eigenvalue weighted by atomic mass is 10.2. The van der Waals surface area contributed by atoms with Crippen molar-refractivity contribution < 1.29 is 13.2 Å².